The first kappa shape index (κ1) is 17.5. The minimum Gasteiger partial charge on any atom is -0.497 e. The molecule has 3 rings (SSSR count). The summed E-state index contributed by atoms with van der Waals surface area (Å²) < 4.78 is 34.5. The van der Waals surface area contributed by atoms with Crippen molar-refractivity contribution in [1.82, 2.24) is 4.90 Å². The number of methoxy groups -OCH3 is 1. The van der Waals surface area contributed by atoms with Crippen LogP contribution >= 0.6 is 0 Å². The fraction of sp³-hybridized carbons (Fsp3) is 0.389. The third-order valence-electron chi connectivity index (χ3n) is 4.35. The van der Waals surface area contributed by atoms with Crippen LogP contribution in [0.1, 0.15) is 28.3 Å². The van der Waals surface area contributed by atoms with Crippen molar-refractivity contribution in [3.63, 3.8) is 0 Å². The summed E-state index contributed by atoms with van der Waals surface area (Å²) in [4.78, 5) is 14.7. The lowest BCUT2D eigenvalue weighted by molar-refractivity contribution is 0.0665. The Hall–Kier alpha value is -2.28. The van der Waals surface area contributed by atoms with Gasteiger partial charge in [-0.3, -0.25) is 4.79 Å². The molecule has 0 spiro atoms. The monoisotopic (exact) mass is 363 g/mol. The Morgan fingerprint density at radius 2 is 2.12 bits per heavy atom. The Bertz CT molecular complexity index is 871. The van der Waals surface area contributed by atoms with E-state index in [1.54, 1.807) is 29.2 Å². The van der Waals surface area contributed by atoms with E-state index in [0.29, 0.717) is 23.5 Å². The summed E-state index contributed by atoms with van der Waals surface area (Å²) in [5.74, 6) is 1.84. The molecule has 0 radical (unpaired) electrons. The van der Waals surface area contributed by atoms with Gasteiger partial charge in [-0.25, -0.2) is 8.42 Å². The highest BCUT2D eigenvalue weighted by atomic mass is 32.2. The van der Waals surface area contributed by atoms with Crippen LogP contribution in [0.3, 0.4) is 0 Å². The van der Waals surface area contributed by atoms with E-state index < -0.39 is 9.84 Å². The summed E-state index contributed by atoms with van der Waals surface area (Å²) in [6.45, 7) is 2.07. The first-order valence-corrected chi connectivity index (χ1v) is 9.91. The van der Waals surface area contributed by atoms with E-state index in [4.69, 9.17) is 9.15 Å². The van der Waals surface area contributed by atoms with Crippen molar-refractivity contribution in [1.29, 1.82) is 0 Å². The number of aryl methyl sites for hydroxylation is 1. The van der Waals surface area contributed by atoms with Crippen molar-refractivity contribution in [3.05, 3.63) is 53.5 Å². The largest absolute Gasteiger partial charge is 0.497 e. The average Bonchev–Trinajstić information content (AvgIpc) is 3.17. The number of benzene rings is 1. The van der Waals surface area contributed by atoms with Crippen molar-refractivity contribution < 1.29 is 22.4 Å². The zero-order valence-electron chi connectivity index (χ0n) is 14.3. The minimum atomic E-state index is -3.11. The number of rotatable bonds is 5. The zero-order chi connectivity index (χ0) is 18.0. The molecule has 1 aliphatic rings. The number of amides is 1. The van der Waals surface area contributed by atoms with E-state index in [1.165, 1.54) is 7.11 Å². The average molecular weight is 363 g/mol. The van der Waals surface area contributed by atoms with Gasteiger partial charge in [-0.05, 0) is 43.7 Å². The van der Waals surface area contributed by atoms with Gasteiger partial charge in [0.05, 0.1) is 25.2 Å². The molecule has 0 bridgehead atoms. The van der Waals surface area contributed by atoms with Gasteiger partial charge in [-0.1, -0.05) is 6.07 Å². The molecular weight excluding hydrogens is 342 g/mol. The summed E-state index contributed by atoms with van der Waals surface area (Å²) in [6, 6.07) is 10.2. The Labute approximate surface area is 147 Å². The molecular formula is C18H21NO5S. The fourth-order valence-electron chi connectivity index (χ4n) is 3.05. The van der Waals surface area contributed by atoms with Crippen LogP contribution in [0.15, 0.2) is 40.8 Å². The van der Waals surface area contributed by atoms with E-state index >= 15 is 0 Å². The van der Waals surface area contributed by atoms with E-state index in [-0.39, 0.29) is 30.0 Å². The van der Waals surface area contributed by atoms with E-state index in [1.807, 2.05) is 19.1 Å². The lowest BCUT2D eigenvalue weighted by Crippen LogP contribution is -2.40. The summed E-state index contributed by atoms with van der Waals surface area (Å²) in [5, 5.41) is 0. The van der Waals surface area contributed by atoms with Gasteiger partial charge in [-0.15, -0.1) is 0 Å². The van der Waals surface area contributed by atoms with Crippen LogP contribution in [0.2, 0.25) is 0 Å². The second kappa shape index (κ2) is 6.92. The van der Waals surface area contributed by atoms with Gasteiger partial charge >= 0.3 is 0 Å². The lowest BCUT2D eigenvalue weighted by Gasteiger charge is -2.27. The third kappa shape index (κ3) is 4.04. The van der Waals surface area contributed by atoms with Gasteiger partial charge in [0.25, 0.3) is 5.91 Å². The maximum Gasteiger partial charge on any atom is 0.254 e. The predicted octanol–water partition coefficient (Wildman–Crippen LogP) is 2.43. The number of furan rings is 1. The van der Waals surface area contributed by atoms with Crippen LogP contribution in [0.5, 0.6) is 5.75 Å². The molecule has 1 atom stereocenters. The van der Waals surface area contributed by atoms with Gasteiger partial charge in [0.1, 0.15) is 17.3 Å². The highest BCUT2D eigenvalue weighted by molar-refractivity contribution is 7.91. The molecule has 2 aromatic rings. The summed E-state index contributed by atoms with van der Waals surface area (Å²) >= 11 is 0. The van der Waals surface area contributed by atoms with Crippen LogP contribution in [-0.4, -0.2) is 43.9 Å². The van der Waals surface area contributed by atoms with E-state index in [2.05, 4.69) is 0 Å². The molecule has 1 aliphatic heterocycles. The predicted molar refractivity (Wildman–Crippen MR) is 93.4 cm³/mol. The number of carbonyl (C=O) groups excluding carboxylic acids is 1. The molecule has 1 aromatic heterocycles. The maximum atomic E-state index is 13.1. The standard InChI is InChI=1S/C18H21NO5S/c1-13-6-7-17(24-13)11-19(15-8-9-25(21,22)12-15)18(20)14-4-3-5-16(10-14)23-2/h3-7,10,15H,8-9,11-12H2,1-2H3/t15-/m1/s1. The quantitative estimate of drug-likeness (QED) is 0.815. The minimum absolute atomic E-state index is 0.0115. The molecule has 7 heteroatoms. The number of hydrogen-bond acceptors (Lipinski definition) is 5. The number of nitrogens with zero attached hydrogens (tertiary/aromatic N) is 1. The first-order chi connectivity index (χ1) is 11.9. The third-order valence-corrected chi connectivity index (χ3v) is 6.10. The molecule has 1 fully saturated rings. The van der Waals surface area contributed by atoms with Crippen LogP contribution in [0, 0.1) is 6.92 Å². The Morgan fingerprint density at radius 3 is 2.72 bits per heavy atom. The topological polar surface area (TPSA) is 76.8 Å². The van der Waals surface area contributed by atoms with Crippen LogP contribution < -0.4 is 4.74 Å². The molecule has 0 saturated carbocycles. The molecule has 6 nitrogen and oxygen atoms in total. The molecule has 0 unspecified atom stereocenters. The van der Waals surface area contributed by atoms with Gasteiger partial charge in [0.2, 0.25) is 0 Å². The second-order valence-electron chi connectivity index (χ2n) is 6.23. The number of sulfone groups is 1. The van der Waals surface area contributed by atoms with Gasteiger partial charge in [-0.2, -0.15) is 0 Å². The normalized spacial score (nSPS) is 18.9. The van der Waals surface area contributed by atoms with Crippen molar-refractivity contribution in [2.24, 2.45) is 0 Å². The van der Waals surface area contributed by atoms with Crippen molar-refractivity contribution in [3.8, 4) is 5.75 Å². The number of ether oxygens (including phenoxy) is 1. The number of carbonyl (C=O) groups is 1. The molecule has 2 heterocycles. The smallest absolute Gasteiger partial charge is 0.254 e. The van der Waals surface area contributed by atoms with Gasteiger partial charge < -0.3 is 14.1 Å². The summed E-state index contributed by atoms with van der Waals surface area (Å²) in [5.41, 5.74) is 0.465. The van der Waals surface area contributed by atoms with Crippen LogP contribution in [0.4, 0.5) is 0 Å². The number of hydrogen-bond donors (Lipinski definition) is 0. The Kier molecular flexibility index (Phi) is 4.85. The molecule has 1 saturated heterocycles. The maximum absolute atomic E-state index is 13.1. The van der Waals surface area contributed by atoms with Crippen molar-refractivity contribution in [2.45, 2.75) is 25.9 Å². The lowest BCUT2D eigenvalue weighted by atomic mass is 10.1. The zero-order valence-corrected chi connectivity index (χ0v) is 15.1. The molecule has 0 aliphatic carbocycles. The summed E-state index contributed by atoms with van der Waals surface area (Å²) in [7, 11) is -1.57. The highest BCUT2D eigenvalue weighted by Crippen LogP contribution is 2.24. The summed E-state index contributed by atoms with van der Waals surface area (Å²) in [6.07, 6.45) is 0.442. The molecule has 0 N–H and O–H groups in total. The second-order valence-corrected chi connectivity index (χ2v) is 8.46. The molecule has 25 heavy (non-hydrogen) atoms. The van der Waals surface area contributed by atoms with Crippen molar-refractivity contribution >= 4 is 15.7 Å². The molecule has 134 valence electrons. The van der Waals surface area contributed by atoms with Crippen LogP contribution in [-0.2, 0) is 16.4 Å². The SMILES string of the molecule is COc1cccc(C(=O)N(Cc2ccc(C)o2)[C@@H]2CCS(=O)(=O)C2)c1. The Morgan fingerprint density at radius 1 is 1.32 bits per heavy atom. The van der Waals surface area contributed by atoms with Crippen molar-refractivity contribution in [2.75, 3.05) is 18.6 Å². The van der Waals surface area contributed by atoms with Gasteiger partial charge in [0.15, 0.2) is 9.84 Å². The van der Waals surface area contributed by atoms with E-state index in [9.17, 15) is 13.2 Å². The van der Waals surface area contributed by atoms with E-state index in [0.717, 1.165) is 5.76 Å². The molecule has 1 amide bonds. The fourth-order valence-corrected chi connectivity index (χ4v) is 4.78. The van der Waals surface area contributed by atoms with Gasteiger partial charge in [0, 0.05) is 11.6 Å². The highest BCUT2D eigenvalue weighted by Gasteiger charge is 2.35. The molecule has 1 aromatic carbocycles. The first-order valence-electron chi connectivity index (χ1n) is 8.09. The van der Waals surface area contributed by atoms with Crippen LogP contribution in [0.25, 0.3) is 0 Å². The Balaban J connectivity index is 1.90.